The van der Waals surface area contributed by atoms with Crippen LogP contribution in [-0.2, 0) is 4.74 Å². The Morgan fingerprint density at radius 3 is 2.33 bits per heavy atom. The first-order chi connectivity index (χ1) is 8.20. The number of methoxy groups -OCH3 is 1. The highest BCUT2D eigenvalue weighted by Gasteiger charge is 2.34. The molecule has 1 aromatic rings. The highest BCUT2D eigenvalue weighted by atomic mass is 79.9. The summed E-state index contributed by atoms with van der Waals surface area (Å²) < 4.78 is 8.49. The fourth-order valence-electron chi connectivity index (χ4n) is 2.26. The summed E-state index contributed by atoms with van der Waals surface area (Å²) in [5.41, 5.74) is 7.37. The quantitative estimate of drug-likeness (QED) is 0.927. The lowest BCUT2D eigenvalue weighted by Gasteiger charge is -2.34. The predicted molar refractivity (Wildman–Crippen MR) is 77.5 cm³/mol. The van der Waals surface area contributed by atoms with Crippen molar-refractivity contribution < 1.29 is 4.74 Å². The first-order valence-corrected chi connectivity index (χ1v) is 7.00. The van der Waals surface area contributed by atoms with Crippen molar-refractivity contribution in [1.82, 2.24) is 9.78 Å². The summed E-state index contributed by atoms with van der Waals surface area (Å²) in [5, 5.41) is 4.37. The van der Waals surface area contributed by atoms with Crippen molar-refractivity contribution in [2.24, 2.45) is 11.1 Å². The minimum atomic E-state index is -0.214. The van der Waals surface area contributed by atoms with Gasteiger partial charge in [0.2, 0.25) is 0 Å². The Hall–Kier alpha value is -0.390. The number of nitrogens with two attached hydrogens (primary N) is 1. The molecule has 0 amide bonds. The molecule has 4 nitrogen and oxygen atoms in total. The van der Waals surface area contributed by atoms with Crippen molar-refractivity contribution in [3.05, 3.63) is 16.4 Å². The van der Waals surface area contributed by atoms with Crippen LogP contribution < -0.4 is 5.73 Å². The van der Waals surface area contributed by atoms with Gasteiger partial charge in [-0.1, -0.05) is 20.8 Å². The fraction of sp³-hybridized carbons (Fsp3) is 0.769. The van der Waals surface area contributed by atoms with Gasteiger partial charge >= 0.3 is 0 Å². The highest BCUT2D eigenvalue weighted by Crippen LogP contribution is 2.34. The van der Waals surface area contributed by atoms with E-state index in [9.17, 15) is 0 Å². The van der Waals surface area contributed by atoms with Crippen molar-refractivity contribution in [1.29, 1.82) is 0 Å². The van der Waals surface area contributed by atoms with Crippen LogP contribution in [0.25, 0.3) is 0 Å². The molecule has 0 saturated heterocycles. The number of rotatable bonds is 4. The molecule has 2 N–H and O–H groups in total. The lowest BCUT2D eigenvalue weighted by Crippen LogP contribution is -2.40. The average molecular weight is 318 g/mol. The first kappa shape index (κ1) is 15.7. The molecule has 0 fully saturated rings. The van der Waals surface area contributed by atoms with E-state index in [2.05, 4.69) is 55.6 Å². The number of hydrogen-bond acceptors (Lipinski definition) is 3. The van der Waals surface area contributed by atoms with Crippen LogP contribution >= 0.6 is 15.9 Å². The molecule has 1 aromatic heterocycles. The van der Waals surface area contributed by atoms with Crippen LogP contribution in [-0.4, -0.2) is 23.0 Å². The number of halogens is 1. The van der Waals surface area contributed by atoms with Gasteiger partial charge in [-0.3, -0.25) is 4.68 Å². The van der Waals surface area contributed by atoms with Crippen molar-refractivity contribution in [3.63, 3.8) is 0 Å². The van der Waals surface area contributed by atoms with Crippen LogP contribution in [0.1, 0.15) is 52.4 Å². The molecule has 0 bridgehead atoms. The zero-order chi connectivity index (χ0) is 14.1. The van der Waals surface area contributed by atoms with Gasteiger partial charge < -0.3 is 10.5 Å². The molecule has 0 aliphatic heterocycles. The van der Waals surface area contributed by atoms with Crippen molar-refractivity contribution in [2.75, 3.05) is 7.11 Å². The minimum absolute atomic E-state index is 0.0281. The normalized spacial score (nSPS) is 16.1. The van der Waals surface area contributed by atoms with Crippen LogP contribution in [0.5, 0.6) is 0 Å². The molecule has 0 aromatic carbocycles. The zero-order valence-electron chi connectivity index (χ0n) is 12.1. The summed E-state index contributed by atoms with van der Waals surface area (Å²) in [4.78, 5) is 0. The highest BCUT2D eigenvalue weighted by molar-refractivity contribution is 9.10. The molecular formula is C13H24BrN3O. The molecule has 2 unspecified atom stereocenters. The van der Waals surface area contributed by atoms with Gasteiger partial charge in [0.15, 0.2) is 0 Å². The first-order valence-electron chi connectivity index (χ1n) is 6.21. The molecule has 0 radical (unpaired) electrons. The fourth-order valence-corrected chi connectivity index (χ4v) is 2.79. The Morgan fingerprint density at radius 2 is 1.94 bits per heavy atom. The topological polar surface area (TPSA) is 53.1 Å². The largest absolute Gasteiger partial charge is 0.379 e. The third kappa shape index (κ3) is 3.13. The summed E-state index contributed by atoms with van der Waals surface area (Å²) >= 11 is 3.53. The summed E-state index contributed by atoms with van der Waals surface area (Å²) in [5.74, 6) is 0. The molecule has 0 aliphatic carbocycles. The van der Waals surface area contributed by atoms with Gasteiger partial charge in [-0.05, 0) is 35.2 Å². The maximum atomic E-state index is 6.40. The number of hydrogen-bond donors (Lipinski definition) is 1. The van der Waals surface area contributed by atoms with Gasteiger partial charge in [-0.2, -0.15) is 5.10 Å². The smallest absolute Gasteiger partial charge is 0.0827 e. The van der Waals surface area contributed by atoms with Crippen molar-refractivity contribution in [2.45, 2.75) is 52.8 Å². The Kier molecular flexibility index (Phi) is 4.98. The Morgan fingerprint density at radius 1 is 1.39 bits per heavy atom. The lowest BCUT2D eigenvalue weighted by molar-refractivity contribution is -0.00467. The lowest BCUT2D eigenvalue weighted by atomic mass is 9.83. The Bertz CT molecular complexity index is 395. The van der Waals surface area contributed by atoms with Crippen LogP contribution in [0.15, 0.2) is 10.7 Å². The van der Waals surface area contributed by atoms with Crippen LogP contribution in [0.3, 0.4) is 0 Å². The minimum Gasteiger partial charge on any atom is -0.379 e. The van der Waals surface area contributed by atoms with Gasteiger partial charge in [-0.25, -0.2) is 0 Å². The number of aromatic nitrogens is 2. The average Bonchev–Trinajstić information content (AvgIpc) is 2.58. The van der Waals surface area contributed by atoms with E-state index in [0.717, 1.165) is 10.2 Å². The predicted octanol–water partition coefficient (Wildman–Crippen LogP) is 3.29. The van der Waals surface area contributed by atoms with Gasteiger partial charge in [0.1, 0.15) is 0 Å². The molecule has 2 atom stereocenters. The van der Waals surface area contributed by atoms with E-state index < -0.39 is 0 Å². The molecular weight excluding hydrogens is 294 g/mol. The second-order valence-electron chi connectivity index (χ2n) is 5.96. The SMILES string of the molecule is COC(C(N)c1c(Br)cnn1C(C)C)C(C)(C)C. The Balaban J connectivity index is 3.17. The summed E-state index contributed by atoms with van der Waals surface area (Å²) in [7, 11) is 1.71. The molecule has 1 heterocycles. The summed E-state index contributed by atoms with van der Waals surface area (Å²) in [6, 6.07) is 0.0594. The van der Waals surface area contributed by atoms with Crippen molar-refractivity contribution in [3.8, 4) is 0 Å². The third-order valence-electron chi connectivity index (χ3n) is 3.03. The van der Waals surface area contributed by atoms with Crippen LogP contribution in [0.4, 0.5) is 0 Å². The van der Waals surface area contributed by atoms with E-state index >= 15 is 0 Å². The van der Waals surface area contributed by atoms with E-state index in [-0.39, 0.29) is 23.6 Å². The van der Waals surface area contributed by atoms with Gasteiger partial charge in [0, 0.05) is 13.2 Å². The Labute approximate surface area is 118 Å². The van der Waals surface area contributed by atoms with Crippen molar-refractivity contribution >= 4 is 15.9 Å². The second-order valence-corrected chi connectivity index (χ2v) is 6.82. The van der Waals surface area contributed by atoms with E-state index in [1.54, 1.807) is 13.3 Å². The van der Waals surface area contributed by atoms with Gasteiger partial charge in [-0.15, -0.1) is 0 Å². The molecule has 0 aliphatic rings. The molecule has 0 spiro atoms. The molecule has 0 saturated carbocycles. The molecule has 1 rings (SSSR count). The number of ether oxygens (including phenoxy) is 1. The van der Waals surface area contributed by atoms with Crippen LogP contribution in [0, 0.1) is 5.41 Å². The molecule has 104 valence electrons. The summed E-state index contributed by atoms with van der Waals surface area (Å²) in [6.45, 7) is 10.6. The molecule has 18 heavy (non-hydrogen) atoms. The zero-order valence-corrected chi connectivity index (χ0v) is 13.7. The standard InChI is InChI=1S/C13H24BrN3O/c1-8(2)17-11(9(14)7-16-17)10(15)12(18-6)13(3,4)5/h7-8,10,12H,15H2,1-6H3. The van der Waals surface area contributed by atoms with Gasteiger partial charge in [0.25, 0.3) is 0 Å². The second kappa shape index (κ2) is 5.72. The maximum absolute atomic E-state index is 6.40. The van der Waals surface area contributed by atoms with Gasteiger partial charge in [0.05, 0.1) is 28.5 Å². The van der Waals surface area contributed by atoms with E-state index in [1.165, 1.54) is 0 Å². The number of nitrogens with zero attached hydrogens (tertiary/aromatic N) is 2. The third-order valence-corrected chi connectivity index (χ3v) is 3.64. The molecule has 5 heteroatoms. The van der Waals surface area contributed by atoms with Crippen LogP contribution in [0.2, 0.25) is 0 Å². The van der Waals surface area contributed by atoms with E-state index in [0.29, 0.717) is 0 Å². The van der Waals surface area contributed by atoms with E-state index in [1.807, 2.05) is 4.68 Å². The van der Waals surface area contributed by atoms with E-state index in [4.69, 9.17) is 10.5 Å². The summed E-state index contributed by atoms with van der Waals surface area (Å²) in [6.07, 6.45) is 1.73. The maximum Gasteiger partial charge on any atom is 0.0827 e. The monoisotopic (exact) mass is 317 g/mol.